The van der Waals surface area contributed by atoms with Gasteiger partial charge in [0.05, 0.1) is 25.8 Å². The number of nitrogens with zero attached hydrogens (tertiary/aromatic N) is 2. The van der Waals surface area contributed by atoms with Gasteiger partial charge in [0.15, 0.2) is 0 Å². The number of carbonyl (C=O) groups excluding carboxylic acids is 2. The Kier molecular flexibility index (Phi) is 4.90. The number of hydrogen-bond donors (Lipinski definition) is 1. The lowest BCUT2D eigenvalue weighted by atomic mass is 9.96. The zero-order valence-electron chi connectivity index (χ0n) is 13.8. The quantitative estimate of drug-likeness (QED) is 0.909. The summed E-state index contributed by atoms with van der Waals surface area (Å²) < 4.78 is 7.52. The summed E-state index contributed by atoms with van der Waals surface area (Å²) in [5, 5.41) is 2.72. The maximum Gasteiger partial charge on any atom is 0.242 e. The summed E-state index contributed by atoms with van der Waals surface area (Å²) in [4.78, 5) is 26.2. The van der Waals surface area contributed by atoms with Gasteiger partial charge in [0.1, 0.15) is 0 Å². The summed E-state index contributed by atoms with van der Waals surface area (Å²) in [7, 11) is 1.95. The molecule has 22 heavy (non-hydrogen) atoms. The molecule has 0 aliphatic carbocycles. The zero-order valence-corrected chi connectivity index (χ0v) is 13.8. The smallest absolute Gasteiger partial charge is 0.242 e. The number of aryl methyl sites for hydroxylation is 1. The van der Waals surface area contributed by atoms with Crippen molar-refractivity contribution in [2.75, 3.05) is 26.3 Å². The van der Waals surface area contributed by atoms with Crippen LogP contribution in [0.2, 0.25) is 0 Å². The molecule has 0 spiro atoms. The Morgan fingerprint density at radius 3 is 2.73 bits per heavy atom. The number of nitrogens with one attached hydrogen (secondary N) is 1. The molecule has 1 aromatic rings. The number of ether oxygens (including phenoxy) is 1. The van der Waals surface area contributed by atoms with E-state index in [1.807, 2.05) is 50.7 Å². The molecular weight excluding hydrogens is 282 g/mol. The van der Waals surface area contributed by atoms with E-state index in [4.69, 9.17) is 4.74 Å². The maximum absolute atomic E-state index is 12.5. The fraction of sp³-hybridized carbons (Fsp3) is 0.625. The largest absolute Gasteiger partial charge is 0.377 e. The Hall–Kier alpha value is -1.82. The SMILES string of the molecule is Cn1cccc1C1COCCN1C(=O)CNC(=O)C(C)(C)C. The molecule has 6 nitrogen and oxygen atoms in total. The Bertz CT molecular complexity index is 545. The monoisotopic (exact) mass is 307 g/mol. The van der Waals surface area contributed by atoms with E-state index in [1.165, 1.54) is 0 Å². The minimum Gasteiger partial charge on any atom is -0.377 e. The minimum atomic E-state index is -0.497. The molecule has 0 radical (unpaired) electrons. The first-order valence-corrected chi connectivity index (χ1v) is 7.57. The average molecular weight is 307 g/mol. The first-order valence-electron chi connectivity index (χ1n) is 7.57. The van der Waals surface area contributed by atoms with E-state index in [1.54, 1.807) is 4.90 Å². The maximum atomic E-state index is 12.5. The van der Waals surface area contributed by atoms with Crippen LogP contribution in [0.1, 0.15) is 32.5 Å². The van der Waals surface area contributed by atoms with Crippen molar-refractivity contribution < 1.29 is 14.3 Å². The van der Waals surface area contributed by atoms with Crippen molar-refractivity contribution in [3.05, 3.63) is 24.0 Å². The second-order valence-corrected chi connectivity index (χ2v) is 6.65. The predicted molar refractivity (Wildman–Crippen MR) is 83.2 cm³/mol. The first-order chi connectivity index (χ1) is 10.3. The highest BCUT2D eigenvalue weighted by Gasteiger charge is 2.30. The molecule has 0 aromatic carbocycles. The van der Waals surface area contributed by atoms with Crippen molar-refractivity contribution in [1.29, 1.82) is 0 Å². The van der Waals surface area contributed by atoms with E-state index in [2.05, 4.69) is 5.32 Å². The number of hydrogen-bond acceptors (Lipinski definition) is 3. The minimum absolute atomic E-state index is 0.0248. The van der Waals surface area contributed by atoms with Gasteiger partial charge in [-0.05, 0) is 12.1 Å². The second-order valence-electron chi connectivity index (χ2n) is 6.65. The lowest BCUT2D eigenvalue weighted by Gasteiger charge is -2.36. The number of morpholine rings is 1. The van der Waals surface area contributed by atoms with Crippen LogP contribution in [0.3, 0.4) is 0 Å². The number of rotatable bonds is 3. The van der Waals surface area contributed by atoms with Crippen LogP contribution in [-0.2, 0) is 21.4 Å². The molecule has 0 bridgehead atoms. The van der Waals surface area contributed by atoms with Crippen LogP contribution in [0.4, 0.5) is 0 Å². The molecule has 6 heteroatoms. The lowest BCUT2D eigenvalue weighted by Crippen LogP contribution is -2.49. The summed E-state index contributed by atoms with van der Waals surface area (Å²) in [5.74, 6) is -0.198. The molecular formula is C16H25N3O3. The Morgan fingerprint density at radius 2 is 2.14 bits per heavy atom. The van der Waals surface area contributed by atoms with Crippen LogP contribution in [0.5, 0.6) is 0 Å². The van der Waals surface area contributed by atoms with Gasteiger partial charge >= 0.3 is 0 Å². The van der Waals surface area contributed by atoms with Crippen LogP contribution in [0, 0.1) is 5.41 Å². The van der Waals surface area contributed by atoms with Gasteiger partial charge in [-0.3, -0.25) is 9.59 Å². The van der Waals surface area contributed by atoms with Crippen LogP contribution in [-0.4, -0.2) is 47.6 Å². The van der Waals surface area contributed by atoms with E-state index in [-0.39, 0.29) is 24.4 Å². The lowest BCUT2D eigenvalue weighted by molar-refractivity contribution is -0.141. The molecule has 1 saturated heterocycles. The summed E-state index contributed by atoms with van der Waals surface area (Å²) in [6, 6.07) is 3.84. The molecule has 2 amide bonds. The summed E-state index contributed by atoms with van der Waals surface area (Å²) >= 11 is 0. The van der Waals surface area contributed by atoms with Gasteiger partial charge in [-0.2, -0.15) is 0 Å². The van der Waals surface area contributed by atoms with Gasteiger partial charge in [0.2, 0.25) is 11.8 Å². The normalized spacial score (nSPS) is 19.1. The van der Waals surface area contributed by atoms with Gasteiger partial charge in [0, 0.05) is 30.9 Å². The third-order valence-corrected chi connectivity index (χ3v) is 3.86. The highest BCUT2D eigenvalue weighted by molar-refractivity contribution is 5.87. The van der Waals surface area contributed by atoms with E-state index in [0.717, 1.165) is 5.69 Å². The van der Waals surface area contributed by atoms with E-state index >= 15 is 0 Å². The van der Waals surface area contributed by atoms with Gasteiger partial charge in [0.25, 0.3) is 0 Å². The molecule has 1 N–H and O–H groups in total. The standard InChI is InChI=1S/C16H25N3O3/c1-16(2,3)15(21)17-10-14(20)19-8-9-22-11-13(19)12-6-5-7-18(12)4/h5-7,13H,8-11H2,1-4H3,(H,17,21). The summed E-state index contributed by atoms with van der Waals surface area (Å²) in [6.07, 6.45) is 1.95. The van der Waals surface area contributed by atoms with Crippen molar-refractivity contribution >= 4 is 11.8 Å². The molecule has 2 heterocycles. The Morgan fingerprint density at radius 1 is 1.41 bits per heavy atom. The van der Waals surface area contributed by atoms with Gasteiger partial charge < -0.3 is 19.5 Å². The summed E-state index contributed by atoms with van der Waals surface area (Å²) in [5.41, 5.74) is 0.540. The molecule has 2 rings (SSSR count). The highest BCUT2D eigenvalue weighted by atomic mass is 16.5. The highest BCUT2D eigenvalue weighted by Crippen LogP contribution is 2.24. The van der Waals surface area contributed by atoms with Crippen molar-refractivity contribution in [2.24, 2.45) is 12.5 Å². The second kappa shape index (κ2) is 6.52. The van der Waals surface area contributed by atoms with Crippen molar-refractivity contribution in [3.63, 3.8) is 0 Å². The molecule has 1 fully saturated rings. The predicted octanol–water partition coefficient (Wildman–Crippen LogP) is 1.09. The molecule has 122 valence electrons. The first kappa shape index (κ1) is 16.5. The van der Waals surface area contributed by atoms with Gasteiger partial charge in [-0.15, -0.1) is 0 Å². The molecule has 1 aromatic heterocycles. The molecule has 1 aliphatic heterocycles. The third kappa shape index (κ3) is 3.68. The summed E-state index contributed by atoms with van der Waals surface area (Å²) in [6.45, 7) is 7.06. The van der Waals surface area contributed by atoms with Crippen LogP contribution in [0.15, 0.2) is 18.3 Å². The molecule has 1 atom stereocenters. The topological polar surface area (TPSA) is 63.6 Å². The van der Waals surface area contributed by atoms with Gasteiger partial charge in [-0.25, -0.2) is 0 Å². The van der Waals surface area contributed by atoms with Crippen molar-refractivity contribution in [2.45, 2.75) is 26.8 Å². The molecule has 1 aliphatic rings. The van der Waals surface area contributed by atoms with Crippen LogP contribution >= 0.6 is 0 Å². The van der Waals surface area contributed by atoms with Crippen molar-refractivity contribution in [3.8, 4) is 0 Å². The van der Waals surface area contributed by atoms with Crippen LogP contribution < -0.4 is 5.32 Å². The Balaban J connectivity index is 2.03. The average Bonchev–Trinajstić information content (AvgIpc) is 2.89. The van der Waals surface area contributed by atoms with E-state index < -0.39 is 5.41 Å². The van der Waals surface area contributed by atoms with Gasteiger partial charge in [-0.1, -0.05) is 20.8 Å². The molecule has 1 unspecified atom stereocenters. The molecule has 0 saturated carbocycles. The zero-order chi connectivity index (χ0) is 16.3. The van der Waals surface area contributed by atoms with Crippen LogP contribution in [0.25, 0.3) is 0 Å². The third-order valence-electron chi connectivity index (χ3n) is 3.86. The number of aromatic nitrogens is 1. The Labute approximate surface area is 131 Å². The van der Waals surface area contributed by atoms with Crippen molar-refractivity contribution in [1.82, 2.24) is 14.8 Å². The fourth-order valence-corrected chi connectivity index (χ4v) is 2.49. The number of amides is 2. The fourth-order valence-electron chi connectivity index (χ4n) is 2.49. The van der Waals surface area contributed by atoms with E-state index in [9.17, 15) is 9.59 Å². The van der Waals surface area contributed by atoms with E-state index in [0.29, 0.717) is 19.8 Å². The number of carbonyl (C=O) groups is 2.